The van der Waals surface area contributed by atoms with E-state index in [1.165, 1.54) is 38.5 Å². The van der Waals surface area contributed by atoms with Crippen LogP contribution >= 0.6 is 0 Å². The highest BCUT2D eigenvalue weighted by Crippen LogP contribution is 2.12. The van der Waals surface area contributed by atoms with Crippen LogP contribution in [0.25, 0.3) is 0 Å². The molecule has 0 amide bonds. The molecule has 4 heteroatoms. The van der Waals surface area contributed by atoms with Crippen molar-refractivity contribution in [3.05, 3.63) is 0 Å². The molecule has 1 fully saturated rings. The zero-order valence-corrected chi connectivity index (χ0v) is 13.8. The van der Waals surface area contributed by atoms with Crippen molar-refractivity contribution in [3.63, 3.8) is 0 Å². The quantitative estimate of drug-likeness (QED) is 0.514. The lowest BCUT2D eigenvalue weighted by molar-refractivity contribution is 0.0304. The molecule has 0 aromatic rings. The zero-order chi connectivity index (χ0) is 15.2. The number of hydrogen-bond donors (Lipinski definition) is 2. The molecule has 1 saturated heterocycles. The first-order chi connectivity index (χ1) is 10.3. The molecule has 1 rings (SSSR count). The van der Waals surface area contributed by atoms with E-state index in [0.717, 1.165) is 39.2 Å². The minimum absolute atomic E-state index is 0.394. The molecule has 2 N–H and O–H groups in total. The summed E-state index contributed by atoms with van der Waals surface area (Å²) in [5.41, 5.74) is 0. The Morgan fingerprint density at radius 1 is 1.24 bits per heavy atom. The van der Waals surface area contributed by atoms with E-state index in [4.69, 9.17) is 9.47 Å². The fourth-order valence-corrected chi connectivity index (χ4v) is 2.69. The molecule has 21 heavy (non-hydrogen) atoms. The van der Waals surface area contributed by atoms with Crippen molar-refractivity contribution in [1.29, 1.82) is 0 Å². The van der Waals surface area contributed by atoms with Gasteiger partial charge >= 0.3 is 0 Å². The van der Waals surface area contributed by atoms with Crippen LogP contribution in [0, 0.1) is 5.92 Å². The predicted octanol–water partition coefficient (Wildman–Crippen LogP) is 2.74. The first-order valence-corrected chi connectivity index (χ1v) is 8.87. The molecule has 0 saturated carbocycles. The Balaban J connectivity index is 1.81. The van der Waals surface area contributed by atoms with Crippen LogP contribution < -0.4 is 5.32 Å². The van der Waals surface area contributed by atoms with E-state index in [1.807, 2.05) is 0 Å². The smallest absolute Gasteiger partial charge is 0.0897 e. The highest BCUT2D eigenvalue weighted by molar-refractivity contribution is 4.67. The third-order valence-electron chi connectivity index (χ3n) is 4.02. The number of nitrogens with one attached hydrogen (secondary N) is 1. The molecular formula is C17H35NO3. The fourth-order valence-electron chi connectivity index (χ4n) is 2.69. The third-order valence-corrected chi connectivity index (χ3v) is 4.02. The minimum Gasteiger partial charge on any atom is -0.389 e. The van der Waals surface area contributed by atoms with Crippen LogP contribution in [0.15, 0.2) is 0 Å². The Labute approximate surface area is 130 Å². The van der Waals surface area contributed by atoms with Crippen molar-refractivity contribution in [1.82, 2.24) is 5.32 Å². The molecule has 1 aliphatic heterocycles. The van der Waals surface area contributed by atoms with Crippen molar-refractivity contribution >= 4 is 0 Å². The Hall–Kier alpha value is -0.160. The molecule has 0 radical (unpaired) electrons. The number of hydrogen-bond acceptors (Lipinski definition) is 4. The summed E-state index contributed by atoms with van der Waals surface area (Å²) in [5, 5.41) is 13.2. The zero-order valence-electron chi connectivity index (χ0n) is 13.8. The van der Waals surface area contributed by atoms with E-state index in [9.17, 15) is 5.11 Å². The van der Waals surface area contributed by atoms with Gasteiger partial charge in [0.1, 0.15) is 0 Å². The van der Waals surface area contributed by atoms with Gasteiger partial charge in [-0.2, -0.15) is 0 Å². The van der Waals surface area contributed by atoms with Crippen LogP contribution in [-0.2, 0) is 9.47 Å². The van der Waals surface area contributed by atoms with Gasteiger partial charge in [-0.1, -0.05) is 39.0 Å². The maximum Gasteiger partial charge on any atom is 0.0897 e. The summed E-state index contributed by atoms with van der Waals surface area (Å²) >= 11 is 0. The van der Waals surface area contributed by atoms with E-state index in [-0.39, 0.29) is 0 Å². The van der Waals surface area contributed by atoms with Gasteiger partial charge in [-0.3, -0.25) is 0 Å². The van der Waals surface area contributed by atoms with Crippen LogP contribution in [0.2, 0.25) is 0 Å². The van der Waals surface area contributed by atoms with Gasteiger partial charge in [-0.25, -0.2) is 0 Å². The summed E-state index contributed by atoms with van der Waals surface area (Å²) < 4.78 is 11.0. The maximum atomic E-state index is 9.83. The molecule has 0 aliphatic carbocycles. The average molecular weight is 301 g/mol. The molecule has 0 aromatic carbocycles. The van der Waals surface area contributed by atoms with Gasteiger partial charge in [0.2, 0.25) is 0 Å². The van der Waals surface area contributed by atoms with Crippen LogP contribution in [0.5, 0.6) is 0 Å². The Morgan fingerprint density at radius 3 is 2.81 bits per heavy atom. The highest BCUT2D eigenvalue weighted by Gasteiger charge is 2.13. The van der Waals surface area contributed by atoms with E-state index >= 15 is 0 Å². The number of ether oxygens (including phenoxy) is 2. The number of rotatable bonds is 13. The van der Waals surface area contributed by atoms with Crippen molar-refractivity contribution < 1.29 is 14.6 Å². The summed E-state index contributed by atoms with van der Waals surface area (Å²) in [6, 6.07) is 0. The van der Waals surface area contributed by atoms with Crippen LogP contribution in [0.1, 0.15) is 58.3 Å². The molecule has 0 aromatic heterocycles. The van der Waals surface area contributed by atoms with E-state index in [2.05, 4.69) is 12.2 Å². The van der Waals surface area contributed by atoms with Crippen LogP contribution in [0.4, 0.5) is 0 Å². The first kappa shape index (κ1) is 18.9. The van der Waals surface area contributed by atoms with E-state index < -0.39 is 6.10 Å². The van der Waals surface area contributed by atoms with Gasteiger partial charge in [-0.15, -0.1) is 0 Å². The monoisotopic (exact) mass is 301 g/mol. The highest BCUT2D eigenvalue weighted by atomic mass is 16.5. The van der Waals surface area contributed by atoms with Gasteiger partial charge in [-0.05, 0) is 25.2 Å². The second-order valence-electron chi connectivity index (χ2n) is 6.24. The summed E-state index contributed by atoms with van der Waals surface area (Å²) in [6.45, 7) is 6.78. The molecule has 0 spiro atoms. The molecule has 1 heterocycles. The van der Waals surface area contributed by atoms with Crippen LogP contribution in [0.3, 0.4) is 0 Å². The Morgan fingerprint density at radius 2 is 2.05 bits per heavy atom. The van der Waals surface area contributed by atoms with Crippen LogP contribution in [-0.4, -0.2) is 50.7 Å². The second kappa shape index (κ2) is 13.5. The molecule has 4 nitrogen and oxygen atoms in total. The largest absolute Gasteiger partial charge is 0.389 e. The lowest BCUT2D eigenvalue weighted by Gasteiger charge is -2.23. The topological polar surface area (TPSA) is 50.7 Å². The van der Waals surface area contributed by atoms with Crippen molar-refractivity contribution in [2.24, 2.45) is 5.92 Å². The number of aliphatic hydroxyl groups is 1. The van der Waals surface area contributed by atoms with Crippen molar-refractivity contribution in [2.45, 2.75) is 64.4 Å². The average Bonchev–Trinajstić information content (AvgIpc) is 2.51. The predicted molar refractivity (Wildman–Crippen MR) is 86.6 cm³/mol. The van der Waals surface area contributed by atoms with E-state index in [0.29, 0.717) is 19.1 Å². The molecule has 1 aliphatic rings. The SMILES string of the molecule is CCCCCCCCOCC(O)CNCC1CCCOC1. The van der Waals surface area contributed by atoms with Crippen molar-refractivity contribution in [2.75, 3.05) is 39.5 Å². The number of unbranched alkanes of at least 4 members (excludes halogenated alkanes) is 5. The molecule has 126 valence electrons. The fraction of sp³-hybridized carbons (Fsp3) is 1.00. The second-order valence-corrected chi connectivity index (χ2v) is 6.24. The molecular weight excluding hydrogens is 266 g/mol. The van der Waals surface area contributed by atoms with Gasteiger partial charge in [0.25, 0.3) is 0 Å². The van der Waals surface area contributed by atoms with Crippen molar-refractivity contribution in [3.8, 4) is 0 Å². The first-order valence-electron chi connectivity index (χ1n) is 8.87. The number of aliphatic hydroxyl groups excluding tert-OH is 1. The summed E-state index contributed by atoms with van der Waals surface area (Å²) in [7, 11) is 0. The summed E-state index contributed by atoms with van der Waals surface area (Å²) in [6.07, 6.45) is 9.65. The maximum absolute atomic E-state index is 9.83. The van der Waals surface area contributed by atoms with Gasteiger partial charge < -0.3 is 19.9 Å². The third kappa shape index (κ3) is 11.1. The summed E-state index contributed by atoms with van der Waals surface area (Å²) in [4.78, 5) is 0. The molecule has 2 atom stereocenters. The standard InChI is InChI=1S/C17H35NO3/c1-2-3-4-5-6-7-10-21-15-17(19)13-18-12-16-9-8-11-20-14-16/h16-19H,2-15H2,1H3. The minimum atomic E-state index is -0.394. The van der Waals surface area contributed by atoms with Gasteiger partial charge in [0, 0.05) is 26.3 Å². The molecule has 0 bridgehead atoms. The Kier molecular flexibility index (Phi) is 12.1. The lowest BCUT2D eigenvalue weighted by Crippen LogP contribution is -2.35. The summed E-state index contributed by atoms with van der Waals surface area (Å²) in [5.74, 6) is 0.606. The Bertz CT molecular complexity index is 220. The van der Waals surface area contributed by atoms with E-state index in [1.54, 1.807) is 0 Å². The molecule has 2 unspecified atom stereocenters. The normalized spacial score (nSPS) is 20.6. The lowest BCUT2D eigenvalue weighted by atomic mass is 10.0. The van der Waals surface area contributed by atoms with Gasteiger partial charge in [0.15, 0.2) is 0 Å². The van der Waals surface area contributed by atoms with Gasteiger partial charge in [0.05, 0.1) is 19.3 Å².